The molecule has 0 bridgehead atoms. The van der Waals surface area contributed by atoms with Gasteiger partial charge in [-0.15, -0.1) is 0 Å². The van der Waals surface area contributed by atoms with Crippen LogP contribution in [0.5, 0.6) is 0 Å². The highest BCUT2D eigenvalue weighted by Crippen LogP contribution is 2.33. The van der Waals surface area contributed by atoms with Gasteiger partial charge in [-0.3, -0.25) is 0 Å². The highest BCUT2D eigenvalue weighted by atomic mass is 19.1. The lowest BCUT2D eigenvalue weighted by Crippen LogP contribution is -2.19. The van der Waals surface area contributed by atoms with Crippen LogP contribution in [0.15, 0.2) is 24.3 Å². The molecule has 4 heteroatoms. The average molecular weight is 453 g/mol. The van der Waals surface area contributed by atoms with Crippen LogP contribution in [0.1, 0.15) is 105 Å². The van der Waals surface area contributed by atoms with E-state index >= 15 is 0 Å². The van der Waals surface area contributed by atoms with E-state index in [0.29, 0.717) is 16.7 Å². The van der Waals surface area contributed by atoms with Crippen molar-refractivity contribution in [3.63, 3.8) is 0 Å². The second-order valence-electron chi connectivity index (χ2n) is 12.6. The summed E-state index contributed by atoms with van der Waals surface area (Å²) in [6.07, 6.45) is 0. The fraction of sp³-hybridized carbons (Fsp3) is 0.571. The van der Waals surface area contributed by atoms with Crippen LogP contribution in [0.25, 0.3) is 0 Å². The minimum atomic E-state index is -0.509. The summed E-state index contributed by atoms with van der Waals surface area (Å²) >= 11 is 0. The van der Waals surface area contributed by atoms with Gasteiger partial charge in [0.25, 0.3) is 0 Å². The van der Waals surface area contributed by atoms with Crippen molar-refractivity contribution >= 4 is 0 Å². The van der Waals surface area contributed by atoms with Gasteiger partial charge in [-0.1, -0.05) is 83.1 Å². The van der Waals surface area contributed by atoms with Gasteiger partial charge < -0.3 is 0 Å². The summed E-state index contributed by atoms with van der Waals surface area (Å²) in [6.45, 7) is 22.5. The fourth-order valence-corrected chi connectivity index (χ4v) is 3.42. The molecule has 2 rings (SSSR count). The molecule has 0 atom stereocenters. The molecular formula is C28H40F4. The van der Waals surface area contributed by atoms with Crippen molar-refractivity contribution < 1.29 is 17.6 Å². The predicted molar refractivity (Wildman–Crippen MR) is 128 cm³/mol. The quantitative estimate of drug-likeness (QED) is 0.350. The van der Waals surface area contributed by atoms with Gasteiger partial charge in [0.2, 0.25) is 0 Å². The smallest absolute Gasteiger partial charge is 0.130 e. The van der Waals surface area contributed by atoms with E-state index in [2.05, 4.69) is 0 Å². The van der Waals surface area contributed by atoms with E-state index in [9.17, 15) is 17.6 Å². The van der Waals surface area contributed by atoms with Gasteiger partial charge in [0.1, 0.15) is 23.3 Å². The number of hydrogen-bond acceptors (Lipinski definition) is 0. The molecule has 0 radical (unpaired) electrons. The number of benzene rings is 2. The number of hydrogen-bond donors (Lipinski definition) is 0. The Bertz CT molecular complexity index is 881. The lowest BCUT2D eigenvalue weighted by atomic mass is 9.81. The molecule has 0 unspecified atom stereocenters. The van der Waals surface area contributed by atoms with Crippen molar-refractivity contribution in [2.24, 2.45) is 0 Å². The molecule has 0 nitrogen and oxygen atoms in total. The van der Waals surface area contributed by atoms with Crippen LogP contribution in [0.3, 0.4) is 0 Å². The lowest BCUT2D eigenvalue weighted by molar-refractivity contribution is 0.466. The normalized spacial score (nSPS) is 13.0. The summed E-state index contributed by atoms with van der Waals surface area (Å²) in [5.74, 6) is -1.53. The van der Waals surface area contributed by atoms with Crippen molar-refractivity contribution in [1.29, 1.82) is 0 Å². The number of halogens is 4. The Morgan fingerprint density at radius 3 is 0.938 bits per heavy atom. The maximum Gasteiger partial charge on any atom is 0.130 e. The van der Waals surface area contributed by atoms with Crippen molar-refractivity contribution in [1.82, 2.24) is 0 Å². The number of rotatable bonds is 0. The van der Waals surface area contributed by atoms with Gasteiger partial charge in [-0.25, -0.2) is 17.6 Å². The average Bonchev–Trinajstić information content (AvgIpc) is 2.52. The van der Waals surface area contributed by atoms with Gasteiger partial charge >= 0.3 is 0 Å². The monoisotopic (exact) mass is 452 g/mol. The largest absolute Gasteiger partial charge is 0.207 e. The van der Waals surface area contributed by atoms with E-state index in [0.717, 1.165) is 0 Å². The SMILES string of the molecule is CC(C)(C)c1cc(F)c(C(C)(C)C)c(F)c1.CC(C)(C)c1cc(F)c(C(C)(C)C)cc1F. The summed E-state index contributed by atoms with van der Waals surface area (Å²) in [5, 5.41) is 0. The molecule has 0 fully saturated rings. The zero-order chi connectivity index (χ0) is 25.4. The highest BCUT2D eigenvalue weighted by molar-refractivity contribution is 5.35. The third kappa shape index (κ3) is 7.08. The molecule has 2 aromatic rings. The molecule has 0 saturated heterocycles. The Kier molecular flexibility index (Phi) is 8.10. The van der Waals surface area contributed by atoms with E-state index in [-0.39, 0.29) is 33.4 Å². The third-order valence-corrected chi connectivity index (χ3v) is 5.33. The first-order chi connectivity index (χ1) is 14.1. The first-order valence-electron chi connectivity index (χ1n) is 11.1. The van der Waals surface area contributed by atoms with Crippen LogP contribution < -0.4 is 0 Å². The van der Waals surface area contributed by atoms with Gasteiger partial charge in [0, 0.05) is 5.56 Å². The first-order valence-corrected chi connectivity index (χ1v) is 11.1. The van der Waals surface area contributed by atoms with Gasteiger partial charge in [0.05, 0.1) is 0 Å². The van der Waals surface area contributed by atoms with Gasteiger partial charge in [-0.05, 0) is 62.6 Å². The molecule has 32 heavy (non-hydrogen) atoms. The third-order valence-electron chi connectivity index (χ3n) is 5.33. The van der Waals surface area contributed by atoms with Crippen molar-refractivity contribution in [3.05, 3.63) is 69.8 Å². The Labute approximate surface area is 192 Å². The molecule has 0 aromatic heterocycles. The molecular weight excluding hydrogens is 412 g/mol. The minimum absolute atomic E-state index is 0.167. The second kappa shape index (κ2) is 9.19. The molecule has 0 saturated carbocycles. The molecule has 0 N–H and O–H groups in total. The van der Waals surface area contributed by atoms with Crippen molar-refractivity contribution in [3.8, 4) is 0 Å². The molecule has 0 heterocycles. The predicted octanol–water partition coefficient (Wildman–Crippen LogP) is 9.12. The van der Waals surface area contributed by atoms with E-state index in [1.807, 2.05) is 83.1 Å². The molecule has 0 spiro atoms. The second-order valence-corrected chi connectivity index (χ2v) is 12.6. The molecule has 0 aliphatic rings. The zero-order valence-corrected chi connectivity index (χ0v) is 21.8. The van der Waals surface area contributed by atoms with E-state index in [4.69, 9.17) is 0 Å². The summed E-state index contributed by atoms with van der Waals surface area (Å²) in [6, 6.07) is 5.55. The van der Waals surface area contributed by atoms with E-state index < -0.39 is 17.0 Å². The first kappa shape index (κ1) is 28.2. The van der Waals surface area contributed by atoms with Crippen LogP contribution in [0.2, 0.25) is 0 Å². The molecule has 0 aliphatic heterocycles. The Morgan fingerprint density at radius 2 is 0.719 bits per heavy atom. The van der Waals surface area contributed by atoms with Gasteiger partial charge in [0.15, 0.2) is 0 Å². The topological polar surface area (TPSA) is 0 Å². The molecule has 180 valence electrons. The summed E-state index contributed by atoms with van der Waals surface area (Å²) < 4.78 is 55.6. The summed E-state index contributed by atoms with van der Waals surface area (Å²) in [4.78, 5) is 0. The minimum Gasteiger partial charge on any atom is -0.207 e. The highest BCUT2D eigenvalue weighted by Gasteiger charge is 2.27. The Morgan fingerprint density at radius 1 is 0.406 bits per heavy atom. The maximum absolute atomic E-state index is 13.9. The van der Waals surface area contributed by atoms with Crippen molar-refractivity contribution in [2.75, 3.05) is 0 Å². The molecule has 0 aliphatic carbocycles. The van der Waals surface area contributed by atoms with Crippen molar-refractivity contribution in [2.45, 2.75) is 105 Å². The van der Waals surface area contributed by atoms with Crippen LogP contribution in [-0.4, -0.2) is 0 Å². The van der Waals surface area contributed by atoms with E-state index in [1.165, 1.54) is 24.3 Å². The molecule has 0 amide bonds. The standard InChI is InChI=1S/2C14H20F2/c1-13(2,3)9-7-12(16)10(8-11(9)15)14(4,5)6;1-13(2,3)9-7-10(15)12(11(16)8-9)14(4,5)6/h2*7-8H,1-6H3. The maximum atomic E-state index is 13.9. The van der Waals surface area contributed by atoms with Gasteiger partial charge in [-0.2, -0.15) is 0 Å². The zero-order valence-electron chi connectivity index (χ0n) is 21.8. The van der Waals surface area contributed by atoms with Crippen LogP contribution >= 0.6 is 0 Å². The Hall–Kier alpha value is -1.84. The summed E-state index contributed by atoms with van der Waals surface area (Å²) in [5.41, 5.74) is 0.220. The van der Waals surface area contributed by atoms with Crippen LogP contribution in [-0.2, 0) is 21.7 Å². The molecule has 2 aromatic carbocycles. The summed E-state index contributed by atoms with van der Waals surface area (Å²) in [7, 11) is 0. The lowest BCUT2D eigenvalue weighted by Gasteiger charge is -2.24. The fourth-order valence-electron chi connectivity index (χ4n) is 3.42. The van der Waals surface area contributed by atoms with E-state index in [1.54, 1.807) is 0 Å². The van der Waals surface area contributed by atoms with Crippen LogP contribution in [0, 0.1) is 23.3 Å². The Balaban J connectivity index is 0.000000320. The van der Waals surface area contributed by atoms with Crippen LogP contribution in [0.4, 0.5) is 17.6 Å².